The topological polar surface area (TPSA) is 18.5 Å². The van der Waals surface area contributed by atoms with Gasteiger partial charge < -0.3 is 9.31 Å². The fraction of sp³-hybridized carbons (Fsp3) is 0.167. The molecular formula is C24H23BO2. The molecule has 4 aromatic rings. The minimum atomic E-state index is 0.343. The predicted molar refractivity (Wildman–Crippen MR) is 114 cm³/mol. The zero-order valence-electron chi connectivity index (χ0n) is 15.4. The van der Waals surface area contributed by atoms with Crippen LogP contribution in [-0.2, 0) is 22.2 Å². The number of hydrogen-bond acceptors (Lipinski definition) is 2. The Kier molecular flexibility index (Phi) is 5.83. The van der Waals surface area contributed by atoms with E-state index >= 15 is 0 Å². The molecule has 0 aromatic heterocycles. The first kappa shape index (κ1) is 17.8. The summed E-state index contributed by atoms with van der Waals surface area (Å²) >= 11 is 0. The van der Waals surface area contributed by atoms with Gasteiger partial charge in [-0.15, -0.1) is 0 Å². The van der Waals surface area contributed by atoms with E-state index in [1.165, 1.54) is 32.7 Å². The highest BCUT2D eigenvalue weighted by Gasteiger charge is 2.03. The molecule has 0 aliphatic heterocycles. The monoisotopic (exact) mass is 354 g/mol. The first-order chi connectivity index (χ1) is 13.4. The van der Waals surface area contributed by atoms with E-state index in [1.54, 1.807) is 0 Å². The maximum Gasteiger partial charge on any atom is 0.438 e. The highest BCUT2D eigenvalue weighted by molar-refractivity contribution is 6.17. The van der Waals surface area contributed by atoms with Crippen LogP contribution in [0.1, 0.15) is 11.1 Å². The molecule has 0 saturated heterocycles. The van der Waals surface area contributed by atoms with Crippen molar-refractivity contribution in [3.8, 4) is 0 Å². The second-order valence-electron chi connectivity index (χ2n) is 6.71. The molecule has 2 nitrogen and oxygen atoms in total. The Labute approximate surface area is 161 Å². The molecule has 0 fully saturated rings. The summed E-state index contributed by atoms with van der Waals surface area (Å²) in [7, 11) is 0.343. The fourth-order valence-corrected chi connectivity index (χ4v) is 3.56. The lowest BCUT2D eigenvalue weighted by Crippen LogP contribution is -2.10. The Hall–Kier alpha value is -2.62. The van der Waals surface area contributed by atoms with Gasteiger partial charge in [0.15, 0.2) is 0 Å². The second-order valence-corrected chi connectivity index (χ2v) is 6.71. The zero-order chi connectivity index (χ0) is 18.3. The van der Waals surface area contributed by atoms with Crippen LogP contribution in [-0.4, -0.2) is 20.9 Å². The van der Waals surface area contributed by atoms with E-state index in [0.717, 1.165) is 12.8 Å². The van der Waals surface area contributed by atoms with Crippen LogP contribution in [0.15, 0.2) is 84.9 Å². The van der Waals surface area contributed by atoms with Crippen LogP contribution in [0.2, 0.25) is 0 Å². The molecule has 0 N–H and O–H groups in total. The number of benzene rings is 4. The fourth-order valence-electron chi connectivity index (χ4n) is 3.56. The molecule has 4 aromatic carbocycles. The van der Waals surface area contributed by atoms with Gasteiger partial charge >= 0.3 is 7.69 Å². The van der Waals surface area contributed by atoms with Gasteiger partial charge in [-0.05, 0) is 45.5 Å². The molecule has 4 rings (SSSR count). The van der Waals surface area contributed by atoms with Gasteiger partial charge in [-0.3, -0.25) is 0 Å². The Morgan fingerprint density at radius 2 is 0.963 bits per heavy atom. The molecule has 0 aliphatic carbocycles. The third-order valence-corrected chi connectivity index (χ3v) is 4.96. The molecule has 0 atom stereocenters. The van der Waals surface area contributed by atoms with E-state index in [4.69, 9.17) is 9.31 Å². The largest absolute Gasteiger partial charge is 0.438 e. The Balaban J connectivity index is 1.22. The van der Waals surface area contributed by atoms with E-state index in [-0.39, 0.29) is 0 Å². The average molecular weight is 354 g/mol. The van der Waals surface area contributed by atoms with Gasteiger partial charge in [-0.2, -0.15) is 0 Å². The summed E-state index contributed by atoms with van der Waals surface area (Å²) in [5.41, 5.74) is 2.65. The molecule has 3 heteroatoms. The van der Waals surface area contributed by atoms with Crippen molar-refractivity contribution >= 4 is 29.2 Å². The number of fused-ring (bicyclic) bond motifs is 2. The van der Waals surface area contributed by atoms with Crippen LogP contribution >= 0.6 is 0 Å². The summed E-state index contributed by atoms with van der Waals surface area (Å²) in [4.78, 5) is 0. The lowest BCUT2D eigenvalue weighted by atomic mass is 10.0. The number of rotatable bonds is 8. The average Bonchev–Trinajstić information content (AvgIpc) is 2.73. The van der Waals surface area contributed by atoms with Crippen molar-refractivity contribution in [3.63, 3.8) is 0 Å². The van der Waals surface area contributed by atoms with Gasteiger partial charge in [0.25, 0.3) is 0 Å². The van der Waals surface area contributed by atoms with Crippen molar-refractivity contribution in [1.82, 2.24) is 0 Å². The minimum absolute atomic E-state index is 0.343. The normalized spacial score (nSPS) is 11.1. The summed E-state index contributed by atoms with van der Waals surface area (Å²) in [6, 6.07) is 29.8. The van der Waals surface area contributed by atoms with E-state index in [2.05, 4.69) is 84.9 Å². The summed E-state index contributed by atoms with van der Waals surface area (Å²) in [6.07, 6.45) is 1.79. The van der Waals surface area contributed by atoms with Crippen molar-refractivity contribution < 1.29 is 9.31 Å². The van der Waals surface area contributed by atoms with Gasteiger partial charge in [0.05, 0.1) is 0 Å². The third-order valence-electron chi connectivity index (χ3n) is 4.96. The van der Waals surface area contributed by atoms with Crippen LogP contribution in [0, 0.1) is 0 Å². The van der Waals surface area contributed by atoms with Gasteiger partial charge in [-0.1, -0.05) is 84.9 Å². The molecule has 0 bridgehead atoms. The molecule has 27 heavy (non-hydrogen) atoms. The molecule has 0 amide bonds. The molecule has 0 spiro atoms. The van der Waals surface area contributed by atoms with Crippen molar-refractivity contribution in [2.24, 2.45) is 0 Å². The Bertz CT molecular complexity index is 935. The first-order valence-electron chi connectivity index (χ1n) is 9.50. The number of hydrogen-bond donors (Lipinski definition) is 0. The predicted octanol–water partition coefficient (Wildman–Crippen LogP) is 5.08. The van der Waals surface area contributed by atoms with Crippen LogP contribution in [0.4, 0.5) is 0 Å². The van der Waals surface area contributed by atoms with Crippen LogP contribution in [0.5, 0.6) is 0 Å². The maximum atomic E-state index is 5.69. The van der Waals surface area contributed by atoms with Gasteiger partial charge in [0.2, 0.25) is 0 Å². The summed E-state index contributed by atoms with van der Waals surface area (Å²) in [6.45, 7) is 1.34. The van der Waals surface area contributed by atoms with Gasteiger partial charge in [-0.25, -0.2) is 0 Å². The van der Waals surface area contributed by atoms with E-state index < -0.39 is 0 Å². The first-order valence-corrected chi connectivity index (χ1v) is 9.50. The van der Waals surface area contributed by atoms with E-state index in [1.807, 2.05) is 0 Å². The highest BCUT2D eigenvalue weighted by atomic mass is 16.6. The standard InChI is InChI=1S/C24H23BO2/c1-3-13-23-19(7-1)9-5-11-21(23)15-17-26-25-27-18-16-22-12-6-10-20-8-2-4-14-24(20)22/h1-14,25H,15-18H2. The smallest absolute Gasteiger partial charge is 0.414 e. The SMILES string of the molecule is B(OCCc1cccc2ccccc12)OCCc1cccc2ccccc12. The molecular weight excluding hydrogens is 331 g/mol. The highest BCUT2D eigenvalue weighted by Crippen LogP contribution is 2.20. The van der Waals surface area contributed by atoms with Crippen molar-refractivity contribution in [2.45, 2.75) is 12.8 Å². The lowest BCUT2D eigenvalue weighted by Gasteiger charge is -2.09. The van der Waals surface area contributed by atoms with Gasteiger partial charge in [0, 0.05) is 13.2 Å². The lowest BCUT2D eigenvalue weighted by molar-refractivity contribution is 0.226. The molecule has 0 heterocycles. The zero-order valence-corrected chi connectivity index (χ0v) is 15.4. The minimum Gasteiger partial charge on any atom is -0.414 e. The molecule has 0 aliphatic rings. The Morgan fingerprint density at radius 1 is 0.519 bits per heavy atom. The van der Waals surface area contributed by atoms with E-state index in [9.17, 15) is 0 Å². The van der Waals surface area contributed by atoms with Crippen molar-refractivity contribution in [3.05, 3.63) is 96.1 Å². The van der Waals surface area contributed by atoms with Gasteiger partial charge in [0.1, 0.15) is 0 Å². The second kappa shape index (κ2) is 8.85. The molecule has 0 saturated carbocycles. The van der Waals surface area contributed by atoms with Crippen LogP contribution in [0.25, 0.3) is 21.5 Å². The molecule has 134 valence electrons. The van der Waals surface area contributed by atoms with Crippen molar-refractivity contribution in [2.75, 3.05) is 13.2 Å². The van der Waals surface area contributed by atoms with Crippen molar-refractivity contribution in [1.29, 1.82) is 0 Å². The van der Waals surface area contributed by atoms with Crippen LogP contribution < -0.4 is 0 Å². The summed E-state index contributed by atoms with van der Waals surface area (Å²) in [5, 5.41) is 5.17. The third kappa shape index (κ3) is 4.38. The molecule has 0 radical (unpaired) electrons. The Morgan fingerprint density at radius 3 is 1.48 bits per heavy atom. The summed E-state index contributed by atoms with van der Waals surface area (Å²) in [5.74, 6) is 0. The van der Waals surface area contributed by atoms with E-state index in [0.29, 0.717) is 20.9 Å². The van der Waals surface area contributed by atoms with Crippen LogP contribution in [0.3, 0.4) is 0 Å². The maximum absolute atomic E-state index is 5.69. The summed E-state index contributed by atoms with van der Waals surface area (Å²) < 4.78 is 11.4. The molecule has 0 unspecified atom stereocenters. The quantitative estimate of drug-likeness (QED) is 0.325.